The monoisotopic (exact) mass is 480 g/mol. The van der Waals surface area contributed by atoms with Crippen molar-refractivity contribution in [3.8, 4) is 0 Å². The third-order valence-electron chi connectivity index (χ3n) is 7.27. The quantitative estimate of drug-likeness (QED) is 0.451. The Hall–Kier alpha value is -3.00. The molecule has 2 aromatic rings. The number of fused-ring (bicyclic) bond motifs is 1. The molecule has 3 heterocycles. The van der Waals surface area contributed by atoms with E-state index in [4.69, 9.17) is 9.72 Å². The minimum absolute atomic E-state index is 0.162. The lowest BCUT2D eigenvalue weighted by atomic mass is 9.79. The minimum Gasteiger partial charge on any atom is -0.480 e. The Balaban J connectivity index is 1.16. The number of aryl methyl sites for hydroxylation is 2. The highest BCUT2D eigenvalue weighted by molar-refractivity contribution is 5.90. The average Bonchev–Trinajstić information content (AvgIpc) is 2.84. The van der Waals surface area contributed by atoms with Crippen molar-refractivity contribution >= 4 is 17.7 Å². The molecule has 4 rings (SSSR count). The number of amides is 1. The number of anilines is 1. The van der Waals surface area contributed by atoms with E-state index in [0.717, 1.165) is 55.7 Å². The van der Waals surface area contributed by atoms with Gasteiger partial charge in [-0.2, -0.15) is 0 Å². The van der Waals surface area contributed by atoms with Gasteiger partial charge in [0.2, 0.25) is 5.91 Å². The van der Waals surface area contributed by atoms with Crippen LogP contribution in [0.5, 0.6) is 0 Å². The predicted molar refractivity (Wildman–Crippen MR) is 133 cm³/mol. The Morgan fingerprint density at radius 1 is 1.29 bits per heavy atom. The summed E-state index contributed by atoms with van der Waals surface area (Å²) >= 11 is 0. The number of carboxylic acids is 1. The van der Waals surface area contributed by atoms with Gasteiger partial charge in [-0.3, -0.25) is 9.78 Å². The number of carbonyl (C=O) groups excluding carboxylic acids is 1. The third-order valence-corrected chi connectivity index (χ3v) is 7.27. The van der Waals surface area contributed by atoms with Crippen molar-refractivity contribution in [2.24, 2.45) is 5.92 Å². The normalized spacial score (nSPS) is 20.2. The van der Waals surface area contributed by atoms with Crippen LogP contribution in [0.25, 0.3) is 0 Å². The van der Waals surface area contributed by atoms with E-state index in [0.29, 0.717) is 12.5 Å². The van der Waals surface area contributed by atoms with Crippen LogP contribution in [0.4, 0.5) is 5.82 Å². The van der Waals surface area contributed by atoms with Crippen molar-refractivity contribution in [1.29, 1.82) is 0 Å². The van der Waals surface area contributed by atoms with E-state index in [9.17, 15) is 14.7 Å². The van der Waals surface area contributed by atoms with Crippen LogP contribution in [0, 0.1) is 5.92 Å². The number of carboxylic acid groups (broad SMARTS) is 1. The van der Waals surface area contributed by atoms with Crippen molar-refractivity contribution in [2.45, 2.75) is 76.4 Å². The van der Waals surface area contributed by atoms with Crippen molar-refractivity contribution in [1.82, 2.24) is 15.3 Å². The first-order valence-corrected chi connectivity index (χ1v) is 12.6. The van der Waals surface area contributed by atoms with E-state index in [1.807, 2.05) is 6.07 Å². The lowest BCUT2D eigenvalue weighted by Crippen LogP contribution is -2.49. The molecule has 1 aliphatic carbocycles. The molecule has 8 heteroatoms. The minimum atomic E-state index is -1.05. The van der Waals surface area contributed by atoms with Gasteiger partial charge in [0.05, 0.1) is 11.5 Å². The fraction of sp³-hybridized carbons (Fsp3) is 0.556. The van der Waals surface area contributed by atoms with Crippen LogP contribution in [-0.4, -0.2) is 52.2 Å². The largest absolute Gasteiger partial charge is 0.480 e. The molecule has 1 atom stereocenters. The summed E-state index contributed by atoms with van der Waals surface area (Å²) in [5.41, 5.74) is 2.30. The summed E-state index contributed by atoms with van der Waals surface area (Å²) in [5, 5.41) is 15.7. The molecular weight excluding hydrogens is 444 g/mol. The van der Waals surface area contributed by atoms with Crippen molar-refractivity contribution in [3.63, 3.8) is 0 Å². The number of carbonyl (C=O) groups is 2. The number of nitrogens with zero attached hydrogens (tertiary/aromatic N) is 2. The zero-order valence-corrected chi connectivity index (χ0v) is 20.6. The van der Waals surface area contributed by atoms with Crippen LogP contribution >= 0.6 is 0 Å². The molecule has 188 valence electrons. The van der Waals surface area contributed by atoms with E-state index < -0.39 is 17.4 Å². The van der Waals surface area contributed by atoms with E-state index in [1.165, 1.54) is 12.0 Å². The van der Waals surface area contributed by atoms with Crippen molar-refractivity contribution in [3.05, 3.63) is 53.5 Å². The number of pyridine rings is 2. The molecule has 35 heavy (non-hydrogen) atoms. The molecule has 2 aliphatic rings. The Morgan fingerprint density at radius 3 is 2.86 bits per heavy atom. The predicted octanol–water partition coefficient (Wildman–Crippen LogP) is 3.50. The van der Waals surface area contributed by atoms with Crippen LogP contribution in [0.1, 0.15) is 62.8 Å². The van der Waals surface area contributed by atoms with E-state index in [-0.39, 0.29) is 18.4 Å². The van der Waals surface area contributed by atoms with E-state index in [1.54, 1.807) is 32.3 Å². The zero-order valence-electron chi connectivity index (χ0n) is 20.6. The summed E-state index contributed by atoms with van der Waals surface area (Å²) in [6.45, 7) is 4.83. The molecule has 8 nitrogen and oxygen atoms in total. The first-order valence-electron chi connectivity index (χ1n) is 12.6. The van der Waals surface area contributed by atoms with Crippen LogP contribution < -0.4 is 10.6 Å². The summed E-state index contributed by atoms with van der Waals surface area (Å²) in [6.07, 6.45) is 9.96. The maximum absolute atomic E-state index is 12.8. The van der Waals surface area contributed by atoms with Crippen LogP contribution in [0.3, 0.4) is 0 Å². The maximum atomic E-state index is 12.8. The Bertz CT molecular complexity index is 1020. The summed E-state index contributed by atoms with van der Waals surface area (Å²) in [4.78, 5) is 33.4. The number of hydrogen-bond acceptors (Lipinski definition) is 6. The van der Waals surface area contributed by atoms with Gasteiger partial charge in [-0.25, -0.2) is 9.78 Å². The van der Waals surface area contributed by atoms with Crippen molar-refractivity contribution in [2.75, 3.05) is 18.5 Å². The van der Waals surface area contributed by atoms with E-state index in [2.05, 4.69) is 27.8 Å². The first kappa shape index (κ1) is 25.1. The number of aromatic nitrogens is 2. The molecule has 0 spiro atoms. The van der Waals surface area contributed by atoms with Gasteiger partial charge in [-0.15, -0.1) is 0 Å². The molecule has 0 bridgehead atoms. The Labute approximate surface area is 206 Å². The lowest BCUT2D eigenvalue weighted by Gasteiger charge is -2.35. The van der Waals surface area contributed by atoms with Crippen LogP contribution in [-0.2, 0) is 32.6 Å². The SMILES string of the molecule is CC(C)(C(=O)NC(CCOC1CC(CCc2ccc3c(n2)NCCC3)C1)C(=O)O)c1cccnc1. The highest BCUT2D eigenvalue weighted by atomic mass is 16.5. The summed E-state index contributed by atoms with van der Waals surface area (Å²) in [6, 6.07) is 6.94. The molecule has 0 aromatic carbocycles. The molecule has 0 radical (unpaired) electrons. The van der Waals surface area contributed by atoms with Gasteiger partial charge in [0.1, 0.15) is 11.9 Å². The smallest absolute Gasteiger partial charge is 0.326 e. The second kappa shape index (κ2) is 11.2. The van der Waals surface area contributed by atoms with Crippen LogP contribution in [0.15, 0.2) is 36.7 Å². The molecule has 1 amide bonds. The summed E-state index contributed by atoms with van der Waals surface area (Å²) in [7, 11) is 0. The average molecular weight is 481 g/mol. The van der Waals surface area contributed by atoms with Gasteiger partial charge in [0, 0.05) is 37.7 Å². The molecule has 1 unspecified atom stereocenters. The highest BCUT2D eigenvalue weighted by Gasteiger charge is 2.34. The standard InChI is InChI=1S/C27H36N4O4/c1-27(2,20-6-4-12-28-17-20)26(34)31-23(25(32)33)11-14-35-22-15-18(16-22)7-9-21-10-8-19-5-3-13-29-24(19)30-21/h4,6,8,10,12,17-18,22-23H,3,5,7,9,11,13-16H2,1-2H3,(H,29,30)(H,31,34)(H,32,33). The molecule has 1 aliphatic heterocycles. The summed E-state index contributed by atoms with van der Waals surface area (Å²) < 4.78 is 5.92. The molecule has 3 N–H and O–H groups in total. The van der Waals surface area contributed by atoms with Gasteiger partial charge in [0.15, 0.2) is 0 Å². The molecule has 2 aromatic heterocycles. The third kappa shape index (κ3) is 6.36. The van der Waals surface area contributed by atoms with E-state index >= 15 is 0 Å². The van der Waals surface area contributed by atoms with Gasteiger partial charge in [0.25, 0.3) is 0 Å². The topological polar surface area (TPSA) is 113 Å². The molecule has 0 saturated heterocycles. The zero-order chi connectivity index (χ0) is 24.8. The number of hydrogen-bond donors (Lipinski definition) is 3. The van der Waals surface area contributed by atoms with Gasteiger partial charge >= 0.3 is 5.97 Å². The second-order valence-corrected chi connectivity index (χ2v) is 10.2. The fourth-order valence-electron chi connectivity index (χ4n) is 4.72. The lowest BCUT2D eigenvalue weighted by molar-refractivity contribution is -0.143. The maximum Gasteiger partial charge on any atom is 0.326 e. The number of nitrogens with one attached hydrogen (secondary N) is 2. The molecule has 1 fully saturated rings. The van der Waals surface area contributed by atoms with Crippen molar-refractivity contribution < 1.29 is 19.4 Å². The Morgan fingerprint density at radius 2 is 2.11 bits per heavy atom. The second-order valence-electron chi connectivity index (χ2n) is 10.2. The first-order chi connectivity index (χ1) is 16.8. The van der Waals surface area contributed by atoms with Crippen LogP contribution in [0.2, 0.25) is 0 Å². The highest BCUT2D eigenvalue weighted by Crippen LogP contribution is 2.34. The Kier molecular flexibility index (Phi) is 8.00. The fourth-order valence-corrected chi connectivity index (χ4v) is 4.72. The van der Waals surface area contributed by atoms with Gasteiger partial charge in [-0.05, 0) is 81.5 Å². The van der Waals surface area contributed by atoms with Gasteiger partial charge in [-0.1, -0.05) is 12.1 Å². The molecular formula is C27H36N4O4. The van der Waals surface area contributed by atoms with Gasteiger partial charge < -0.3 is 20.5 Å². The number of aliphatic carboxylic acids is 1. The number of ether oxygens (including phenoxy) is 1. The summed E-state index contributed by atoms with van der Waals surface area (Å²) in [5.74, 6) is 0.267. The number of rotatable bonds is 11. The molecule has 1 saturated carbocycles.